The lowest BCUT2D eigenvalue weighted by atomic mass is 10.4. The number of rotatable bonds is 4. The second kappa shape index (κ2) is 4.44. The first-order chi connectivity index (χ1) is 8.84. The maximum absolute atomic E-state index is 4.27. The van der Waals surface area contributed by atoms with Crippen molar-refractivity contribution in [1.29, 1.82) is 0 Å². The van der Waals surface area contributed by atoms with Gasteiger partial charge in [-0.3, -0.25) is 4.40 Å². The Morgan fingerprint density at radius 2 is 2.11 bits per heavy atom. The fourth-order valence-electron chi connectivity index (χ4n) is 1.81. The van der Waals surface area contributed by atoms with Crippen LogP contribution in [0.3, 0.4) is 0 Å². The minimum Gasteiger partial charge on any atom is -0.366 e. The number of fused-ring (bicyclic) bond motifs is 1. The van der Waals surface area contributed by atoms with Crippen LogP contribution in [0.4, 0.5) is 5.82 Å². The topological polar surface area (TPSA) is 72.9 Å². The molecule has 0 amide bonds. The Kier molecular flexibility index (Phi) is 2.64. The van der Waals surface area contributed by atoms with Gasteiger partial charge in [0, 0.05) is 44.8 Å². The Hall–Kier alpha value is -2.44. The molecule has 0 radical (unpaired) electrons. The number of hydrogen-bond donors (Lipinski definition) is 1. The van der Waals surface area contributed by atoms with Crippen LogP contribution in [0.5, 0.6) is 0 Å². The summed E-state index contributed by atoms with van der Waals surface area (Å²) in [6, 6.07) is 0. The zero-order valence-corrected chi connectivity index (χ0v) is 9.98. The largest absolute Gasteiger partial charge is 0.366 e. The van der Waals surface area contributed by atoms with Gasteiger partial charge in [0.1, 0.15) is 12.2 Å². The van der Waals surface area contributed by atoms with Crippen LogP contribution in [0, 0.1) is 0 Å². The fraction of sp³-hybridized carbons (Fsp3) is 0.273. The molecule has 0 spiro atoms. The molecule has 3 aromatic rings. The van der Waals surface area contributed by atoms with Gasteiger partial charge in [-0.05, 0) is 0 Å². The van der Waals surface area contributed by atoms with Crippen LogP contribution in [-0.2, 0) is 13.5 Å². The molecule has 7 heteroatoms. The van der Waals surface area contributed by atoms with Gasteiger partial charge in [0.25, 0.3) is 0 Å². The molecule has 0 atom stereocenters. The summed E-state index contributed by atoms with van der Waals surface area (Å²) in [5.74, 6) is 1.78. The van der Waals surface area contributed by atoms with Crippen LogP contribution in [-0.4, -0.2) is 35.7 Å². The van der Waals surface area contributed by atoms with Crippen molar-refractivity contribution in [2.45, 2.75) is 6.42 Å². The first-order valence-electron chi connectivity index (χ1n) is 5.69. The van der Waals surface area contributed by atoms with E-state index in [9.17, 15) is 0 Å². The number of aromatic nitrogens is 6. The highest BCUT2D eigenvalue weighted by Gasteiger charge is 2.04. The molecule has 7 nitrogen and oxygen atoms in total. The van der Waals surface area contributed by atoms with Gasteiger partial charge in [-0.1, -0.05) is 0 Å². The third-order valence-corrected chi connectivity index (χ3v) is 2.78. The molecule has 0 bridgehead atoms. The van der Waals surface area contributed by atoms with E-state index < -0.39 is 0 Å². The molecule has 0 aromatic carbocycles. The van der Waals surface area contributed by atoms with E-state index in [1.54, 1.807) is 18.7 Å². The Labute approximate surface area is 104 Å². The van der Waals surface area contributed by atoms with Gasteiger partial charge in [0.05, 0.1) is 0 Å². The monoisotopic (exact) mass is 243 g/mol. The molecule has 0 aliphatic carbocycles. The average molecular weight is 243 g/mol. The Bertz CT molecular complexity index is 654. The maximum atomic E-state index is 4.27. The highest BCUT2D eigenvalue weighted by molar-refractivity contribution is 5.61. The van der Waals surface area contributed by atoms with Crippen molar-refractivity contribution in [3.8, 4) is 0 Å². The maximum Gasteiger partial charge on any atom is 0.203 e. The van der Waals surface area contributed by atoms with E-state index in [-0.39, 0.29) is 0 Å². The second-order valence-corrected chi connectivity index (χ2v) is 3.97. The Balaban J connectivity index is 1.70. The van der Waals surface area contributed by atoms with Crippen molar-refractivity contribution < 1.29 is 0 Å². The summed E-state index contributed by atoms with van der Waals surface area (Å²) in [6.45, 7) is 0.754. The summed E-state index contributed by atoms with van der Waals surface area (Å²) < 4.78 is 3.84. The lowest BCUT2D eigenvalue weighted by molar-refractivity contribution is 0.788. The van der Waals surface area contributed by atoms with Crippen molar-refractivity contribution in [1.82, 2.24) is 29.1 Å². The highest BCUT2D eigenvalue weighted by atomic mass is 15.2. The van der Waals surface area contributed by atoms with E-state index in [0.717, 1.165) is 30.3 Å². The minimum absolute atomic E-state index is 0.734. The quantitative estimate of drug-likeness (QED) is 0.723. The molecular weight excluding hydrogens is 230 g/mol. The van der Waals surface area contributed by atoms with Crippen molar-refractivity contribution >= 4 is 11.5 Å². The molecule has 3 heterocycles. The number of hydrogen-bond acceptors (Lipinski definition) is 5. The molecule has 0 aliphatic rings. The van der Waals surface area contributed by atoms with Crippen molar-refractivity contribution in [3.05, 3.63) is 36.9 Å². The SMILES string of the molecule is Cn1ccnc1CCNc1nccn2cnnc12. The normalized spacial score (nSPS) is 10.9. The highest BCUT2D eigenvalue weighted by Crippen LogP contribution is 2.09. The molecule has 0 saturated heterocycles. The van der Waals surface area contributed by atoms with Crippen LogP contribution in [0.15, 0.2) is 31.1 Å². The summed E-state index contributed by atoms with van der Waals surface area (Å²) in [5.41, 5.74) is 0.734. The van der Waals surface area contributed by atoms with E-state index in [2.05, 4.69) is 25.5 Å². The Morgan fingerprint density at radius 1 is 1.22 bits per heavy atom. The summed E-state index contributed by atoms with van der Waals surface area (Å²) in [6.07, 6.45) is 9.76. The van der Waals surface area contributed by atoms with Gasteiger partial charge >= 0.3 is 0 Å². The van der Waals surface area contributed by atoms with E-state index in [1.807, 2.05) is 28.4 Å². The minimum atomic E-state index is 0.734. The van der Waals surface area contributed by atoms with Crippen LogP contribution < -0.4 is 5.32 Å². The molecule has 92 valence electrons. The predicted octanol–water partition coefficient (Wildman–Crippen LogP) is 0.512. The zero-order chi connectivity index (χ0) is 12.4. The van der Waals surface area contributed by atoms with Gasteiger partial charge < -0.3 is 9.88 Å². The van der Waals surface area contributed by atoms with Crippen molar-refractivity contribution in [2.24, 2.45) is 7.05 Å². The molecular formula is C11H13N7. The Morgan fingerprint density at radius 3 is 2.94 bits per heavy atom. The summed E-state index contributed by atoms with van der Waals surface area (Å²) in [4.78, 5) is 8.53. The van der Waals surface area contributed by atoms with Crippen LogP contribution >= 0.6 is 0 Å². The van der Waals surface area contributed by atoms with Gasteiger partial charge in [-0.15, -0.1) is 10.2 Å². The molecule has 1 N–H and O–H groups in total. The van der Waals surface area contributed by atoms with Crippen LogP contribution in [0.1, 0.15) is 5.82 Å². The summed E-state index contributed by atoms with van der Waals surface area (Å²) in [7, 11) is 1.99. The first kappa shape index (κ1) is 10.7. The first-order valence-corrected chi connectivity index (χ1v) is 5.69. The van der Waals surface area contributed by atoms with Gasteiger partial charge in [0.2, 0.25) is 5.65 Å². The average Bonchev–Trinajstić information content (AvgIpc) is 2.99. The molecule has 0 aliphatic heterocycles. The molecule has 0 saturated carbocycles. The summed E-state index contributed by atoms with van der Waals surface area (Å²) in [5, 5.41) is 11.1. The molecule has 18 heavy (non-hydrogen) atoms. The van der Waals surface area contributed by atoms with E-state index in [1.165, 1.54) is 0 Å². The zero-order valence-electron chi connectivity index (χ0n) is 9.98. The lowest BCUT2D eigenvalue weighted by Gasteiger charge is -2.06. The standard InChI is InChI=1S/C11H13N7/c1-17-6-4-12-9(17)2-3-13-10-11-16-15-8-18(11)7-5-14-10/h4-8H,2-3H2,1H3,(H,13,14). The van der Waals surface area contributed by atoms with E-state index >= 15 is 0 Å². The summed E-state index contributed by atoms with van der Waals surface area (Å²) >= 11 is 0. The second-order valence-electron chi connectivity index (χ2n) is 3.97. The number of aryl methyl sites for hydroxylation is 1. The fourth-order valence-corrected chi connectivity index (χ4v) is 1.81. The van der Waals surface area contributed by atoms with Crippen LogP contribution in [0.25, 0.3) is 5.65 Å². The number of anilines is 1. The van der Waals surface area contributed by atoms with E-state index in [4.69, 9.17) is 0 Å². The van der Waals surface area contributed by atoms with Gasteiger partial charge in [0.15, 0.2) is 5.82 Å². The van der Waals surface area contributed by atoms with Crippen molar-refractivity contribution in [3.63, 3.8) is 0 Å². The molecule has 3 aromatic heterocycles. The molecule has 0 fully saturated rings. The van der Waals surface area contributed by atoms with E-state index in [0.29, 0.717) is 0 Å². The lowest BCUT2D eigenvalue weighted by Crippen LogP contribution is -2.10. The predicted molar refractivity (Wildman–Crippen MR) is 66.2 cm³/mol. The number of nitrogens with one attached hydrogen (secondary N) is 1. The smallest absolute Gasteiger partial charge is 0.203 e. The number of imidazole rings is 1. The van der Waals surface area contributed by atoms with Crippen molar-refractivity contribution in [2.75, 3.05) is 11.9 Å². The van der Waals surface area contributed by atoms with Crippen LogP contribution in [0.2, 0.25) is 0 Å². The number of nitrogens with zero attached hydrogens (tertiary/aromatic N) is 6. The molecule has 0 unspecified atom stereocenters. The van der Waals surface area contributed by atoms with Gasteiger partial charge in [-0.2, -0.15) is 0 Å². The third kappa shape index (κ3) is 1.90. The van der Waals surface area contributed by atoms with Gasteiger partial charge in [-0.25, -0.2) is 9.97 Å². The molecule has 3 rings (SSSR count). The third-order valence-electron chi connectivity index (χ3n) is 2.78.